The molecule has 2 aromatic rings. The molecule has 1 fully saturated rings. The van der Waals surface area contributed by atoms with Crippen molar-refractivity contribution < 1.29 is 4.79 Å². The number of benzene rings is 1. The van der Waals surface area contributed by atoms with Crippen molar-refractivity contribution in [3.8, 4) is 0 Å². The first-order chi connectivity index (χ1) is 13.7. The average Bonchev–Trinajstić information content (AvgIpc) is 2.72. The van der Waals surface area contributed by atoms with Crippen molar-refractivity contribution in [2.75, 3.05) is 36.4 Å². The molecule has 0 unspecified atom stereocenters. The Hall–Kier alpha value is -2.63. The standard InChI is InChI=1S/C22H31N5O/c1-18-25-20(17-21(26-18)27-15-6-3-7-16-27)23-13-14-24-22(28)12-8-11-19-9-4-2-5-10-19/h2,4-5,9-10,17H,3,6-8,11-16H2,1H3,(H,24,28)(H,23,25,26). The maximum Gasteiger partial charge on any atom is 0.220 e. The molecule has 3 rings (SSSR count). The van der Waals surface area contributed by atoms with Gasteiger partial charge in [0.2, 0.25) is 5.91 Å². The van der Waals surface area contributed by atoms with Crippen LogP contribution < -0.4 is 15.5 Å². The Balaban J connectivity index is 1.36. The molecule has 28 heavy (non-hydrogen) atoms. The molecule has 2 N–H and O–H groups in total. The van der Waals surface area contributed by atoms with Gasteiger partial charge in [-0.1, -0.05) is 30.3 Å². The molecule has 0 bridgehead atoms. The number of nitrogens with one attached hydrogen (secondary N) is 2. The highest BCUT2D eigenvalue weighted by Crippen LogP contribution is 2.20. The summed E-state index contributed by atoms with van der Waals surface area (Å²) < 4.78 is 0. The molecule has 6 heteroatoms. The Morgan fingerprint density at radius 3 is 2.64 bits per heavy atom. The fourth-order valence-electron chi connectivity index (χ4n) is 3.51. The summed E-state index contributed by atoms with van der Waals surface area (Å²) in [6.07, 6.45) is 6.11. The number of anilines is 2. The highest BCUT2D eigenvalue weighted by atomic mass is 16.1. The topological polar surface area (TPSA) is 70.2 Å². The summed E-state index contributed by atoms with van der Waals surface area (Å²) in [7, 11) is 0. The number of amides is 1. The van der Waals surface area contributed by atoms with Crippen LogP contribution in [-0.4, -0.2) is 42.1 Å². The maximum absolute atomic E-state index is 12.0. The molecule has 150 valence electrons. The molecule has 0 spiro atoms. The van der Waals surface area contributed by atoms with Gasteiger partial charge in [-0.3, -0.25) is 4.79 Å². The van der Waals surface area contributed by atoms with Crippen LogP contribution in [0.4, 0.5) is 11.6 Å². The lowest BCUT2D eigenvalue weighted by molar-refractivity contribution is -0.121. The zero-order valence-electron chi connectivity index (χ0n) is 16.8. The first kappa shape index (κ1) is 20.1. The lowest BCUT2D eigenvalue weighted by atomic mass is 10.1. The van der Waals surface area contributed by atoms with Crippen LogP contribution in [0.15, 0.2) is 36.4 Å². The molecule has 0 saturated carbocycles. The van der Waals surface area contributed by atoms with Gasteiger partial charge in [0, 0.05) is 38.7 Å². The molecule has 1 aromatic carbocycles. The average molecular weight is 382 g/mol. The van der Waals surface area contributed by atoms with Crippen LogP contribution in [0.3, 0.4) is 0 Å². The summed E-state index contributed by atoms with van der Waals surface area (Å²) in [5.74, 6) is 2.70. The van der Waals surface area contributed by atoms with Gasteiger partial charge in [0.05, 0.1) is 0 Å². The minimum absolute atomic E-state index is 0.102. The van der Waals surface area contributed by atoms with Crippen molar-refractivity contribution >= 4 is 17.5 Å². The molecule has 1 aliphatic heterocycles. The molecule has 0 radical (unpaired) electrons. The van der Waals surface area contributed by atoms with Crippen LogP contribution >= 0.6 is 0 Å². The van der Waals surface area contributed by atoms with Crippen molar-refractivity contribution in [2.45, 2.75) is 45.4 Å². The van der Waals surface area contributed by atoms with Gasteiger partial charge in [0.15, 0.2) is 0 Å². The first-order valence-corrected chi connectivity index (χ1v) is 10.4. The molecular formula is C22H31N5O. The predicted molar refractivity (Wildman–Crippen MR) is 114 cm³/mol. The fourth-order valence-corrected chi connectivity index (χ4v) is 3.51. The van der Waals surface area contributed by atoms with Gasteiger partial charge in [-0.25, -0.2) is 9.97 Å². The SMILES string of the molecule is Cc1nc(NCCNC(=O)CCCc2ccccc2)cc(N2CCCCC2)n1. The Labute approximate surface area is 167 Å². The van der Waals surface area contributed by atoms with E-state index in [9.17, 15) is 4.79 Å². The molecule has 1 aromatic heterocycles. The third-order valence-electron chi connectivity index (χ3n) is 4.97. The Bertz CT molecular complexity index is 744. The van der Waals surface area contributed by atoms with Gasteiger partial charge in [-0.2, -0.15) is 0 Å². The van der Waals surface area contributed by atoms with E-state index in [1.807, 2.05) is 31.2 Å². The van der Waals surface area contributed by atoms with E-state index in [-0.39, 0.29) is 5.91 Å². The number of rotatable bonds is 9. The summed E-state index contributed by atoms with van der Waals surface area (Å²) in [6.45, 7) is 5.30. The normalized spacial score (nSPS) is 14.0. The Morgan fingerprint density at radius 2 is 1.86 bits per heavy atom. The summed E-state index contributed by atoms with van der Waals surface area (Å²) in [4.78, 5) is 23.4. The van der Waals surface area contributed by atoms with E-state index in [0.717, 1.165) is 43.4 Å². The maximum atomic E-state index is 12.0. The second kappa shape index (κ2) is 10.6. The minimum Gasteiger partial charge on any atom is -0.368 e. The van der Waals surface area contributed by atoms with E-state index >= 15 is 0 Å². The Kier molecular flexibility index (Phi) is 7.64. The smallest absolute Gasteiger partial charge is 0.220 e. The fraction of sp³-hybridized carbons (Fsp3) is 0.500. The number of nitrogens with zero attached hydrogens (tertiary/aromatic N) is 3. The van der Waals surface area contributed by atoms with Gasteiger partial charge in [-0.05, 0) is 44.6 Å². The molecule has 0 atom stereocenters. The molecular weight excluding hydrogens is 350 g/mol. The molecule has 1 aliphatic rings. The largest absolute Gasteiger partial charge is 0.368 e. The quantitative estimate of drug-likeness (QED) is 0.652. The number of hydrogen-bond acceptors (Lipinski definition) is 5. The lowest BCUT2D eigenvalue weighted by Crippen LogP contribution is -2.31. The third kappa shape index (κ3) is 6.51. The van der Waals surface area contributed by atoms with E-state index in [1.54, 1.807) is 0 Å². The van der Waals surface area contributed by atoms with E-state index in [1.165, 1.54) is 24.8 Å². The summed E-state index contributed by atoms with van der Waals surface area (Å²) in [6, 6.07) is 12.3. The van der Waals surface area contributed by atoms with E-state index in [0.29, 0.717) is 19.5 Å². The summed E-state index contributed by atoms with van der Waals surface area (Å²) in [5.41, 5.74) is 1.28. The third-order valence-corrected chi connectivity index (χ3v) is 4.97. The highest BCUT2D eigenvalue weighted by molar-refractivity contribution is 5.75. The van der Waals surface area contributed by atoms with Crippen LogP contribution in [0.5, 0.6) is 0 Å². The van der Waals surface area contributed by atoms with Gasteiger partial charge < -0.3 is 15.5 Å². The molecule has 1 amide bonds. The molecule has 6 nitrogen and oxygen atoms in total. The van der Waals surface area contributed by atoms with Crippen molar-refractivity contribution in [3.63, 3.8) is 0 Å². The molecule has 1 saturated heterocycles. The van der Waals surface area contributed by atoms with E-state index < -0.39 is 0 Å². The van der Waals surface area contributed by atoms with Crippen molar-refractivity contribution in [2.24, 2.45) is 0 Å². The lowest BCUT2D eigenvalue weighted by Gasteiger charge is -2.28. The zero-order chi connectivity index (χ0) is 19.6. The van der Waals surface area contributed by atoms with Crippen molar-refractivity contribution in [3.05, 3.63) is 47.8 Å². The van der Waals surface area contributed by atoms with Gasteiger partial charge in [0.1, 0.15) is 17.5 Å². The van der Waals surface area contributed by atoms with Gasteiger partial charge >= 0.3 is 0 Å². The predicted octanol–water partition coefficient (Wildman–Crippen LogP) is 3.33. The second-order valence-electron chi connectivity index (χ2n) is 7.32. The number of hydrogen-bond donors (Lipinski definition) is 2. The van der Waals surface area contributed by atoms with Gasteiger partial charge in [-0.15, -0.1) is 0 Å². The van der Waals surface area contributed by atoms with Crippen LogP contribution in [0.2, 0.25) is 0 Å². The van der Waals surface area contributed by atoms with E-state index in [2.05, 4.69) is 37.6 Å². The number of carbonyl (C=O) groups is 1. The minimum atomic E-state index is 0.102. The summed E-state index contributed by atoms with van der Waals surface area (Å²) in [5, 5.41) is 6.29. The number of piperidine rings is 1. The monoisotopic (exact) mass is 381 g/mol. The van der Waals surface area contributed by atoms with E-state index in [4.69, 9.17) is 0 Å². The highest BCUT2D eigenvalue weighted by Gasteiger charge is 2.13. The number of carbonyl (C=O) groups excluding carboxylic acids is 1. The Morgan fingerprint density at radius 1 is 1.07 bits per heavy atom. The van der Waals surface area contributed by atoms with Crippen molar-refractivity contribution in [1.82, 2.24) is 15.3 Å². The van der Waals surface area contributed by atoms with Crippen LogP contribution in [0.1, 0.15) is 43.5 Å². The number of aryl methyl sites for hydroxylation is 2. The molecule has 0 aliphatic carbocycles. The first-order valence-electron chi connectivity index (χ1n) is 10.4. The summed E-state index contributed by atoms with van der Waals surface area (Å²) >= 11 is 0. The van der Waals surface area contributed by atoms with Gasteiger partial charge in [0.25, 0.3) is 0 Å². The van der Waals surface area contributed by atoms with Crippen molar-refractivity contribution in [1.29, 1.82) is 0 Å². The number of aromatic nitrogens is 2. The van der Waals surface area contributed by atoms with Crippen LogP contribution in [0.25, 0.3) is 0 Å². The second-order valence-corrected chi connectivity index (χ2v) is 7.32. The zero-order valence-corrected chi connectivity index (χ0v) is 16.8. The molecule has 2 heterocycles. The van der Waals surface area contributed by atoms with Crippen LogP contribution in [0, 0.1) is 6.92 Å². The van der Waals surface area contributed by atoms with Crippen LogP contribution in [-0.2, 0) is 11.2 Å².